The second kappa shape index (κ2) is 3.97. The molecule has 0 aromatic carbocycles. The zero-order valence-corrected chi connectivity index (χ0v) is 9.36. The van der Waals surface area contributed by atoms with Crippen LogP contribution in [0.15, 0.2) is 12.4 Å². The lowest BCUT2D eigenvalue weighted by molar-refractivity contribution is -0.141. The minimum absolute atomic E-state index is 0.112. The molecular formula is C10H11F3N4. The van der Waals surface area contributed by atoms with Gasteiger partial charge < -0.3 is 0 Å². The molecule has 0 radical (unpaired) electrons. The summed E-state index contributed by atoms with van der Waals surface area (Å²) in [6.07, 6.45) is -1.46. The van der Waals surface area contributed by atoms with Crippen LogP contribution in [0.5, 0.6) is 0 Å². The van der Waals surface area contributed by atoms with Gasteiger partial charge in [-0.05, 0) is 5.92 Å². The van der Waals surface area contributed by atoms with Crippen molar-refractivity contribution in [3.05, 3.63) is 18.1 Å². The lowest BCUT2D eigenvalue weighted by Crippen LogP contribution is -2.19. The summed E-state index contributed by atoms with van der Waals surface area (Å²) >= 11 is 0. The fourth-order valence-corrected chi connectivity index (χ4v) is 1.43. The first-order chi connectivity index (χ1) is 7.87. The van der Waals surface area contributed by atoms with Gasteiger partial charge in [-0.2, -0.15) is 18.3 Å². The van der Waals surface area contributed by atoms with Crippen molar-refractivity contribution in [2.24, 2.45) is 0 Å². The number of halogens is 3. The van der Waals surface area contributed by atoms with Crippen LogP contribution in [0.25, 0.3) is 11.2 Å². The van der Waals surface area contributed by atoms with Crippen LogP contribution < -0.4 is 0 Å². The van der Waals surface area contributed by atoms with Crippen molar-refractivity contribution in [2.45, 2.75) is 32.5 Å². The summed E-state index contributed by atoms with van der Waals surface area (Å²) in [4.78, 5) is 8.20. The molecule has 2 aromatic heterocycles. The molecule has 0 unspecified atom stereocenters. The third kappa shape index (κ3) is 2.54. The van der Waals surface area contributed by atoms with Crippen molar-refractivity contribution in [3.8, 4) is 0 Å². The third-order valence-electron chi connectivity index (χ3n) is 2.28. The molecule has 0 spiro atoms. The fourth-order valence-electron chi connectivity index (χ4n) is 1.43. The van der Waals surface area contributed by atoms with Crippen molar-refractivity contribution in [1.82, 2.24) is 19.7 Å². The van der Waals surface area contributed by atoms with Gasteiger partial charge in [0.2, 0.25) is 0 Å². The average Bonchev–Trinajstić information content (AvgIpc) is 2.58. The van der Waals surface area contributed by atoms with Gasteiger partial charge in [0.25, 0.3) is 0 Å². The summed E-state index contributed by atoms with van der Waals surface area (Å²) in [5, 5.41) is 3.65. The number of fused-ring (bicyclic) bond motifs is 1. The molecular weight excluding hydrogens is 233 g/mol. The molecule has 4 nitrogen and oxygen atoms in total. The summed E-state index contributed by atoms with van der Waals surface area (Å²) in [5.41, 5.74) is 1.20. The predicted molar refractivity (Wildman–Crippen MR) is 55.5 cm³/mol. The predicted octanol–water partition coefficient (Wildman–Crippen LogP) is 2.51. The minimum Gasteiger partial charge on any atom is -0.249 e. The van der Waals surface area contributed by atoms with Crippen LogP contribution in [0, 0.1) is 0 Å². The van der Waals surface area contributed by atoms with Gasteiger partial charge in [-0.1, -0.05) is 13.8 Å². The highest BCUT2D eigenvalue weighted by atomic mass is 19.4. The monoisotopic (exact) mass is 244 g/mol. The highest BCUT2D eigenvalue weighted by Crippen LogP contribution is 2.20. The smallest absolute Gasteiger partial charge is 0.249 e. The summed E-state index contributed by atoms with van der Waals surface area (Å²) in [6.45, 7) is 2.66. The molecule has 0 aliphatic carbocycles. The first kappa shape index (κ1) is 11.8. The molecule has 0 bridgehead atoms. The molecule has 2 heterocycles. The zero-order chi connectivity index (χ0) is 12.6. The quantitative estimate of drug-likeness (QED) is 0.815. The van der Waals surface area contributed by atoms with E-state index in [4.69, 9.17) is 0 Å². The van der Waals surface area contributed by atoms with Crippen LogP contribution in [-0.4, -0.2) is 25.9 Å². The van der Waals surface area contributed by atoms with E-state index in [0.29, 0.717) is 11.2 Å². The van der Waals surface area contributed by atoms with Crippen molar-refractivity contribution >= 4 is 11.2 Å². The zero-order valence-electron chi connectivity index (χ0n) is 9.36. The summed E-state index contributed by atoms with van der Waals surface area (Å²) in [6, 6.07) is 0. The number of hydrogen-bond donors (Lipinski definition) is 0. The lowest BCUT2D eigenvalue weighted by Gasteiger charge is -2.08. The Balaban J connectivity index is 2.47. The molecule has 17 heavy (non-hydrogen) atoms. The third-order valence-corrected chi connectivity index (χ3v) is 2.28. The van der Waals surface area contributed by atoms with E-state index >= 15 is 0 Å². The van der Waals surface area contributed by atoms with Gasteiger partial charge in [0, 0.05) is 6.20 Å². The Morgan fingerprint density at radius 1 is 1.29 bits per heavy atom. The van der Waals surface area contributed by atoms with Crippen LogP contribution in [0.4, 0.5) is 13.2 Å². The van der Waals surface area contributed by atoms with Crippen LogP contribution >= 0.6 is 0 Å². The molecule has 0 saturated heterocycles. The first-order valence-corrected chi connectivity index (χ1v) is 5.12. The van der Waals surface area contributed by atoms with Gasteiger partial charge in [0.1, 0.15) is 12.1 Å². The van der Waals surface area contributed by atoms with Crippen LogP contribution in [-0.2, 0) is 6.54 Å². The molecule has 0 fully saturated rings. The van der Waals surface area contributed by atoms with Crippen LogP contribution in [0.3, 0.4) is 0 Å². The van der Waals surface area contributed by atoms with Gasteiger partial charge >= 0.3 is 6.18 Å². The van der Waals surface area contributed by atoms with Gasteiger partial charge in [0.15, 0.2) is 5.65 Å². The Labute approximate surface area is 95.5 Å². The molecule has 2 aromatic rings. The van der Waals surface area contributed by atoms with E-state index in [-0.39, 0.29) is 11.6 Å². The van der Waals surface area contributed by atoms with E-state index in [1.807, 2.05) is 13.8 Å². The standard InChI is InChI=1S/C10H11F3N4/c1-6(2)7-3-14-8-4-15-17(9(8)16-7)5-10(11,12)13/h3-4,6H,5H2,1-2H3. The Morgan fingerprint density at radius 2 is 2.00 bits per heavy atom. The SMILES string of the molecule is CC(C)c1cnc2cnn(CC(F)(F)F)c2n1. The Morgan fingerprint density at radius 3 is 2.59 bits per heavy atom. The van der Waals surface area contributed by atoms with Gasteiger partial charge in [-0.15, -0.1) is 0 Å². The molecule has 2 rings (SSSR count). The normalized spacial score (nSPS) is 12.6. The van der Waals surface area contributed by atoms with Gasteiger partial charge in [-0.25, -0.2) is 14.6 Å². The summed E-state index contributed by atoms with van der Waals surface area (Å²) < 4.78 is 37.7. The van der Waals surface area contributed by atoms with Crippen LogP contribution in [0.2, 0.25) is 0 Å². The number of aromatic nitrogens is 4. The van der Waals surface area contributed by atoms with E-state index in [9.17, 15) is 13.2 Å². The Bertz CT molecular complexity index is 530. The molecule has 7 heteroatoms. The minimum atomic E-state index is -4.31. The Kier molecular flexibility index (Phi) is 2.76. The molecule has 0 N–H and O–H groups in total. The van der Waals surface area contributed by atoms with Crippen molar-refractivity contribution in [3.63, 3.8) is 0 Å². The Hall–Kier alpha value is -1.66. The van der Waals surface area contributed by atoms with Crippen LogP contribution in [0.1, 0.15) is 25.5 Å². The van der Waals surface area contributed by atoms with E-state index in [1.54, 1.807) is 6.20 Å². The number of hydrogen-bond acceptors (Lipinski definition) is 3. The molecule has 0 aliphatic heterocycles. The molecule has 92 valence electrons. The fraction of sp³-hybridized carbons (Fsp3) is 0.500. The summed E-state index contributed by atoms with van der Waals surface area (Å²) in [7, 11) is 0. The molecule has 0 saturated carbocycles. The van der Waals surface area contributed by atoms with Crippen molar-refractivity contribution < 1.29 is 13.2 Å². The average molecular weight is 244 g/mol. The van der Waals surface area contributed by atoms with E-state index in [2.05, 4.69) is 15.1 Å². The first-order valence-electron chi connectivity index (χ1n) is 5.12. The second-order valence-corrected chi connectivity index (χ2v) is 4.08. The van der Waals surface area contributed by atoms with E-state index in [0.717, 1.165) is 4.68 Å². The second-order valence-electron chi connectivity index (χ2n) is 4.08. The maximum absolute atomic E-state index is 12.3. The largest absolute Gasteiger partial charge is 0.408 e. The highest BCUT2D eigenvalue weighted by molar-refractivity contribution is 5.69. The number of alkyl halides is 3. The van der Waals surface area contributed by atoms with Crippen molar-refractivity contribution in [2.75, 3.05) is 0 Å². The van der Waals surface area contributed by atoms with E-state index < -0.39 is 12.7 Å². The maximum Gasteiger partial charge on any atom is 0.408 e. The topological polar surface area (TPSA) is 43.6 Å². The van der Waals surface area contributed by atoms with Gasteiger partial charge in [-0.3, -0.25) is 0 Å². The van der Waals surface area contributed by atoms with E-state index in [1.165, 1.54) is 6.20 Å². The highest BCUT2D eigenvalue weighted by Gasteiger charge is 2.29. The number of nitrogens with zero attached hydrogens (tertiary/aromatic N) is 4. The number of rotatable bonds is 2. The molecule has 0 amide bonds. The molecule has 0 aliphatic rings. The lowest BCUT2D eigenvalue weighted by atomic mass is 10.1. The summed E-state index contributed by atoms with van der Waals surface area (Å²) in [5.74, 6) is 0.112. The van der Waals surface area contributed by atoms with Gasteiger partial charge in [0.05, 0.1) is 11.9 Å². The molecule has 0 atom stereocenters. The maximum atomic E-state index is 12.3. The van der Waals surface area contributed by atoms with Crippen molar-refractivity contribution in [1.29, 1.82) is 0 Å².